The minimum atomic E-state index is -1.70. The van der Waals surface area contributed by atoms with E-state index >= 15 is 0 Å². The van der Waals surface area contributed by atoms with Crippen molar-refractivity contribution in [3.05, 3.63) is 197 Å². The molecule has 0 saturated carbocycles. The van der Waals surface area contributed by atoms with Crippen LogP contribution in [0.1, 0.15) is 50.9 Å². The molecule has 10 rings (SSSR count). The normalized spacial score (nSPS) is 19.9. The number of ether oxygens (including phenoxy) is 5. The average Bonchev–Trinajstić information content (AvgIpc) is 3.58. The third kappa shape index (κ3) is 5.99. The number of carbonyl (C=O) groups is 2. The van der Waals surface area contributed by atoms with Gasteiger partial charge in [-0.25, -0.2) is 4.79 Å². The first-order valence-corrected chi connectivity index (χ1v) is 19.6. The van der Waals surface area contributed by atoms with E-state index in [1.165, 1.54) is 0 Å². The fraction of sp³-hybridized carbons (Fsp3) is 0.200. The van der Waals surface area contributed by atoms with Crippen molar-refractivity contribution in [1.29, 1.82) is 0 Å². The maximum atomic E-state index is 13.8. The maximum Gasteiger partial charge on any atom is 0.330 e. The van der Waals surface area contributed by atoms with Crippen LogP contribution >= 0.6 is 0 Å². The van der Waals surface area contributed by atoms with E-state index in [9.17, 15) is 19.8 Å². The number of carbonyl (C=O) groups excluding carboxylic acids is 2. The highest BCUT2D eigenvalue weighted by Crippen LogP contribution is 2.60. The summed E-state index contributed by atoms with van der Waals surface area (Å²) in [4.78, 5) is 25.2. The van der Waals surface area contributed by atoms with Gasteiger partial charge in [-0.15, -0.1) is 0 Å². The fourth-order valence-electron chi connectivity index (χ4n) is 9.47. The quantitative estimate of drug-likeness (QED) is 0.0692. The van der Waals surface area contributed by atoms with Crippen LogP contribution in [-0.4, -0.2) is 55.7 Å². The molecule has 2 N–H and O–H groups in total. The summed E-state index contributed by atoms with van der Waals surface area (Å²) in [5.41, 5.74) is 4.89. The van der Waals surface area contributed by atoms with E-state index in [4.69, 9.17) is 23.7 Å². The summed E-state index contributed by atoms with van der Waals surface area (Å²) in [6.07, 6.45) is 1.08. The van der Waals surface area contributed by atoms with Gasteiger partial charge in [0.25, 0.3) is 0 Å². The lowest BCUT2D eigenvalue weighted by Crippen LogP contribution is -2.57. The lowest BCUT2D eigenvalue weighted by Gasteiger charge is -2.53. The first-order chi connectivity index (χ1) is 28.7. The lowest BCUT2D eigenvalue weighted by atomic mass is 9.54. The van der Waals surface area contributed by atoms with E-state index in [0.29, 0.717) is 39.5 Å². The van der Waals surface area contributed by atoms with Gasteiger partial charge in [0.2, 0.25) is 0 Å². The number of hydrogen-bond acceptors (Lipinski definition) is 9. The third-order valence-corrected chi connectivity index (χ3v) is 12.0. The molecule has 0 radical (unpaired) electrons. The van der Waals surface area contributed by atoms with E-state index < -0.39 is 34.5 Å². The molecule has 4 aliphatic carbocycles. The van der Waals surface area contributed by atoms with Gasteiger partial charge in [0.05, 0.1) is 18.4 Å². The Morgan fingerprint density at radius 3 is 1.66 bits per heavy atom. The standard InChI is InChI=1S/C50H42O9/c1-3-46(51)58-28-26-56-34-20-16-32(17-21-34)49(39-12-6-4-10-37(39)38-11-5-7-13-40(38)49)33-18-22-35(23-19-33)57-27-29-59-47(52)45-31-48(53)41-14-8-9-15-42(41)50(45,54)43-25-24-36(55-2)30-44(43)48/h3-25,30,45,53-54H,1,26-29,31H2,2H3. The number of methoxy groups -OCH3 is 1. The second kappa shape index (κ2) is 14.9. The minimum Gasteiger partial charge on any atom is -0.497 e. The third-order valence-electron chi connectivity index (χ3n) is 12.0. The van der Waals surface area contributed by atoms with Gasteiger partial charge in [0.15, 0.2) is 0 Å². The van der Waals surface area contributed by atoms with Crippen molar-refractivity contribution in [2.45, 2.75) is 23.0 Å². The van der Waals surface area contributed by atoms with Gasteiger partial charge < -0.3 is 33.9 Å². The summed E-state index contributed by atoms with van der Waals surface area (Å²) in [6, 6.07) is 45.2. The van der Waals surface area contributed by atoms with Crippen LogP contribution in [0.2, 0.25) is 0 Å². The van der Waals surface area contributed by atoms with Crippen molar-refractivity contribution in [3.63, 3.8) is 0 Å². The van der Waals surface area contributed by atoms with Crippen LogP contribution in [0.25, 0.3) is 11.1 Å². The predicted molar refractivity (Wildman–Crippen MR) is 220 cm³/mol. The van der Waals surface area contributed by atoms with Crippen molar-refractivity contribution < 1.29 is 43.5 Å². The van der Waals surface area contributed by atoms with E-state index in [0.717, 1.165) is 39.5 Å². The van der Waals surface area contributed by atoms with Gasteiger partial charge in [-0.05, 0) is 92.0 Å². The van der Waals surface area contributed by atoms with Crippen LogP contribution in [0.3, 0.4) is 0 Å². The van der Waals surface area contributed by atoms with E-state index in [1.807, 2.05) is 30.3 Å². The zero-order valence-corrected chi connectivity index (χ0v) is 32.4. The summed E-state index contributed by atoms with van der Waals surface area (Å²) in [5, 5.41) is 24.5. The van der Waals surface area contributed by atoms with Gasteiger partial charge in [0, 0.05) is 12.5 Å². The van der Waals surface area contributed by atoms with Gasteiger partial charge in [0.1, 0.15) is 54.9 Å². The smallest absolute Gasteiger partial charge is 0.330 e. The Morgan fingerprint density at radius 2 is 1.10 bits per heavy atom. The minimum absolute atomic E-state index is 0.0428. The Hall–Kier alpha value is -6.68. The molecular weight excluding hydrogens is 745 g/mol. The average molecular weight is 787 g/mol. The molecule has 9 heteroatoms. The van der Waals surface area contributed by atoms with Crippen LogP contribution in [0, 0.1) is 5.92 Å². The molecule has 59 heavy (non-hydrogen) atoms. The second-order valence-corrected chi connectivity index (χ2v) is 15.0. The SMILES string of the molecule is C=CC(=O)OCCOc1ccc(C2(c3ccc(OCCOC(=O)C4CC5(O)c6ccccc6C4(O)c4ccc(OC)cc45)cc3)c3ccccc3-c3ccccc32)cc1. The zero-order chi connectivity index (χ0) is 40.8. The fourth-order valence-corrected chi connectivity index (χ4v) is 9.47. The molecule has 2 bridgehead atoms. The number of aliphatic hydroxyl groups is 2. The molecule has 0 spiro atoms. The van der Waals surface area contributed by atoms with Crippen molar-refractivity contribution in [2.24, 2.45) is 5.92 Å². The molecule has 0 aliphatic heterocycles. The van der Waals surface area contributed by atoms with Crippen molar-refractivity contribution in [2.75, 3.05) is 33.5 Å². The molecule has 3 atom stereocenters. The largest absolute Gasteiger partial charge is 0.497 e. The number of fused-ring (bicyclic) bond motifs is 4. The molecule has 296 valence electrons. The molecule has 6 aromatic carbocycles. The molecule has 6 aromatic rings. The molecule has 0 fully saturated rings. The monoisotopic (exact) mass is 786 g/mol. The molecule has 3 unspecified atom stereocenters. The predicted octanol–water partition coefficient (Wildman–Crippen LogP) is 7.59. The summed E-state index contributed by atoms with van der Waals surface area (Å²) in [6.45, 7) is 3.77. The Labute approximate surface area is 342 Å². The van der Waals surface area contributed by atoms with E-state index in [-0.39, 0.29) is 32.8 Å². The molecule has 0 heterocycles. The van der Waals surface area contributed by atoms with Gasteiger partial charge in [-0.2, -0.15) is 0 Å². The molecule has 0 aromatic heterocycles. The maximum absolute atomic E-state index is 13.8. The van der Waals surface area contributed by atoms with Crippen LogP contribution in [0.5, 0.6) is 17.2 Å². The van der Waals surface area contributed by atoms with Crippen molar-refractivity contribution in [1.82, 2.24) is 0 Å². The van der Waals surface area contributed by atoms with E-state index in [2.05, 4.69) is 79.4 Å². The highest BCUT2D eigenvalue weighted by Gasteiger charge is 2.62. The summed E-state index contributed by atoms with van der Waals surface area (Å²) in [5.74, 6) is -0.354. The van der Waals surface area contributed by atoms with Crippen molar-refractivity contribution >= 4 is 11.9 Å². The van der Waals surface area contributed by atoms with Crippen LogP contribution in [-0.2, 0) is 35.7 Å². The Kier molecular flexibility index (Phi) is 9.58. The number of rotatable bonds is 13. The van der Waals surface area contributed by atoms with Crippen LogP contribution in [0.15, 0.2) is 152 Å². The lowest BCUT2D eigenvalue weighted by molar-refractivity contribution is -0.167. The molecule has 9 nitrogen and oxygen atoms in total. The molecular formula is C50H42O9. The molecule has 0 saturated heterocycles. The van der Waals surface area contributed by atoms with Gasteiger partial charge >= 0.3 is 11.9 Å². The first kappa shape index (κ1) is 37.9. The highest BCUT2D eigenvalue weighted by molar-refractivity contribution is 5.86. The zero-order valence-electron chi connectivity index (χ0n) is 32.4. The second-order valence-electron chi connectivity index (χ2n) is 15.0. The summed E-state index contributed by atoms with van der Waals surface area (Å²) in [7, 11) is 1.55. The Morgan fingerprint density at radius 1 is 0.610 bits per heavy atom. The molecule has 0 amide bonds. The number of hydrogen-bond donors (Lipinski definition) is 2. The first-order valence-electron chi connectivity index (χ1n) is 19.6. The number of benzene rings is 6. The van der Waals surface area contributed by atoms with Gasteiger partial charge in [-0.1, -0.05) is 110 Å². The van der Waals surface area contributed by atoms with Crippen LogP contribution in [0.4, 0.5) is 0 Å². The summed E-state index contributed by atoms with van der Waals surface area (Å²) >= 11 is 0. The summed E-state index contributed by atoms with van der Waals surface area (Å²) < 4.78 is 28.2. The van der Waals surface area contributed by atoms with Crippen LogP contribution < -0.4 is 14.2 Å². The van der Waals surface area contributed by atoms with E-state index in [1.54, 1.807) is 43.5 Å². The molecule has 4 aliphatic rings. The topological polar surface area (TPSA) is 121 Å². The highest BCUT2D eigenvalue weighted by atomic mass is 16.6. The Balaban J connectivity index is 0.932. The number of esters is 2. The van der Waals surface area contributed by atoms with Crippen molar-refractivity contribution in [3.8, 4) is 28.4 Å². The Bertz CT molecular complexity index is 2530. The van der Waals surface area contributed by atoms with Gasteiger partial charge in [-0.3, -0.25) is 4.79 Å².